The van der Waals surface area contributed by atoms with Crippen molar-refractivity contribution in [2.75, 3.05) is 5.32 Å². The Morgan fingerprint density at radius 2 is 1.70 bits per heavy atom. The number of nitrogens with zero attached hydrogens (tertiary/aromatic N) is 2. The van der Waals surface area contributed by atoms with Crippen molar-refractivity contribution in [2.24, 2.45) is 0 Å². The molecule has 2 aromatic carbocycles. The van der Waals surface area contributed by atoms with Gasteiger partial charge in [-0.2, -0.15) is 18.3 Å². The lowest BCUT2D eigenvalue weighted by atomic mass is 10.1. The van der Waals surface area contributed by atoms with Gasteiger partial charge in [0, 0.05) is 11.1 Å². The second-order valence-electron chi connectivity index (χ2n) is 6.40. The summed E-state index contributed by atoms with van der Waals surface area (Å²) in [6, 6.07) is 13.6. The number of rotatable bonds is 3. The number of alkyl halides is 3. The van der Waals surface area contributed by atoms with Crippen LogP contribution in [-0.4, -0.2) is 15.7 Å². The minimum atomic E-state index is -4.43. The molecule has 3 aromatic rings. The van der Waals surface area contributed by atoms with E-state index in [0.717, 1.165) is 48.3 Å². The molecule has 0 saturated carbocycles. The number of aromatic nitrogens is 2. The van der Waals surface area contributed by atoms with Crippen molar-refractivity contribution in [3.8, 4) is 5.69 Å². The predicted octanol–water partition coefficient (Wildman–Crippen LogP) is 4.63. The molecular formula is C20H16F3N3O. The third-order valence-electron chi connectivity index (χ3n) is 4.61. The van der Waals surface area contributed by atoms with Crippen LogP contribution in [0.2, 0.25) is 0 Å². The molecule has 0 spiro atoms. The Balaban J connectivity index is 1.65. The maximum atomic E-state index is 12.7. The number of carbonyl (C=O) groups excluding carboxylic acids is 1. The van der Waals surface area contributed by atoms with E-state index in [2.05, 4.69) is 10.4 Å². The van der Waals surface area contributed by atoms with Crippen molar-refractivity contribution in [3.05, 3.63) is 77.0 Å². The molecule has 1 heterocycles. The van der Waals surface area contributed by atoms with E-state index < -0.39 is 17.6 Å². The minimum Gasteiger partial charge on any atom is -0.306 e. The van der Waals surface area contributed by atoms with Crippen LogP contribution >= 0.6 is 0 Å². The summed E-state index contributed by atoms with van der Waals surface area (Å²) in [7, 11) is 0. The van der Waals surface area contributed by atoms with Crippen molar-refractivity contribution in [2.45, 2.75) is 25.4 Å². The summed E-state index contributed by atoms with van der Waals surface area (Å²) in [5.41, 5.74) is 2.13. The van der Waals surface area contributed by atoms with Gasteiger partial charge in [0.25, 0.3) is 5.91 Å². The van der Waals surface area contributed by atoms with E-state index in [1.54, 1.807) is 4.68 Å². The van der Waals surface area contributed by atoms with E-state index in [4.69, 9.17) is 0 Å². The Morgan fingerprint density at radius 3 is 2.37 bits per heavy atom. The molecule has 138 valence electrons. The van der Waals surface area contributed by atoms with Crippen LogP contribution in [0, 0.1) is 0 Å². The first-order chi connectivity index (χ1) is 12.9. The minimum absolute atomic E-state index is 0.163. The number of para-hydroxylation sites is 1. The molecule has 0 atom stereocenters. The van der Waals surface area contributed by atoms with Gasteiger partial charge >= 0.3 is 6.18 Å². The van der Waals surface area contributed by atoms with Gasteiger partial charge in [0.1, 0.15) is 5.82 Å². The van der Waals surface area contributed by atoms with E-state index in [1.165, 1.54) is 12.1 Å². The highest BCUT2D eigenvalue weighted by Crippen LogP contribution is 2.32. The van der Waals surface area contributed by atoms with E-state index >= 15 is 0 Å². The zero-order valence-electron chi connectivity index (χ0n) is 14.3. The molecule has 0 saturated heterocycles. The molecule has 4 rings (SSSR count). The predicted molar refractivity (Wildman–Crippen MR) is 95.0 cm³/mol. The average molecular weight is 371 g/mol. The monoisotopic (exact) mass is 371 g/mol. The van der Waals surface area contributed by atoms with Gasteiger partial charge in [0.2, 0.25) is 0 Å². The zero-order valence-corrected chi connectivity index (χ0v) is 14.3. The second kappa shape index (κ2) is 6.57. The maximum Gasteiger partial charge on any atom is 0.416 e. The molecule has 4 nitrogen and oxygen atoms in total. The molecule has 0 aliphatic heterocycles. The summed E-state index contributed by atoms with van der Waals surface area (Å²) in [5.74, 6) is 0.120. The number of carbonyl (C=O) groups is 1. The van der Waals surface area contributed by atoms with Gasteiger partial charge < -0.3 is 5.32 Å². The third-order valence-corrected chi connectivity index (χ3v) is 4.61. The van der Waals surface area contributed by atoms with Crippen LogP contribution in [0.4, 0.5) is 19.0 Å². The first-order valence-electron chi connectivity index (χ1n) is 8.58. The van der Waals surface area contributed by atoms with Gasteiger partial charge in [0.05, 0.1) is 16.9 Å². The van der Waals surface area contributed by atoms with Gasteiger partial charge in [-0.25, -0.2) is 4.68 Å². The normalized spacial score (nSPS) is 13.4. The van der Waals surface area contributed by atoms with E-state index in [0.29, 0.717) is 5.82 Å². The second-order valence-corrected chi connectivity index (χ2v) is 6.40. The van der Waals surface area contributed by atoms with Crippen LogP contribution < -0.4 is 5.32 Å². The molecule has 7 heteroatoms. The molecule has 27 heavy (non-hydrogen) atoms. The molecule has 0 radical (unpaired) electrons. The van der Waals surface area contributed by atoms with Crippen molar-refractivity contribution in [1.29, 1.82) is 0 Å². The molecule has 1 aliphatic carbocycles. The number of hydrogen-bond donors (Lipinski definition) is 1. The lowest BCUT2D eigenvalue weighted by molar-refractivity contribution is -0.137. The van der Waals surface area contributed by atoms with Crippen LogP contribution in [-0.2, 0) is 19.0 Å². The number of nitrogens with one attached hydrogen (secondary N) is 1. The van der Waals surface area contributed by atoms with E-state index in [9.17, 15) is 18.0 Å². The van der Waals surface area contributed by atoms with Gasteiger partial charge in [-0.05, 0) is 55.7 Å². The average Bonchev–Trinajstić information content (AvgIpc) is 3.24. The fourth-order valence-corrected chi connectivity index (χ4v) is 3.27. The first kappa shape index (κ1) is 17.3. The number of hydrogen-bond acceptors (Lipinski definition) is 2. The fourth-order valence-electron chi connectivity index (χ4n) is 3.27. The fraction of sp³-hybridized carbons (Fsp3) is 0.200. The van der Waals surface area contributed by atoms with Gasteiger partial charge in [-0.15, -0.1) is 0 Å². The van der Waals surface area contributed by atoms with E-state index in [-0.39, 0.29) is 5.56 Å². The smallest absolute Gasteiger partial charge is 0.306 e. The highest BCUT2D eigenvalue weighted by molar-refractivity contribution is 6.04. The number of aryl methyl sites for hydroxylation is 1. The number of fused-ring (bicyclic) bond motifs is 1. The summed E-state index contributed by atoms with van der Waals surface area (Å²) in [5, 5.41) is 7.45. The Kier molecular flexibility index (Phi) is 4.22. The van der Waals surface area contributed by atoms with Crippen molar-refractivity contribution >= 4 is 11.7 Å². The largest absolute Gasteiger partial charge is 0.416 e. The number of amides is 1. The van der Waals surface area contributed by atoms with Crippen LogP contribution in [0.15, 0.2) is 54.6 Å². The quantitative estimate of drug-likeness (QED) is 0.730. The van der Waals surface area contributed by atoms with Gasteiger partial charge in [-0.1, -0.05) is 18.2 Å². The highest BCUT2D eigenvalue weighted by atomic mass is 19.4. The van der Waals surface area contributed by atoms with Crippen molar-refractivity contribution in [3.63, 3.8) is 0 Å². The highest BCUT2D eigenvalue weighted by Gasteiger charge is 2.30. The van der Waals surface area contributed by atoms with Crippen LogP contribution in [0.5, 0.6) is 0 Å². The Labute approximate surface area is 153 Å². The lowest BCUT2D eigenvalue weighted by Crippen LogP contribution is -2.16. The summed E-state index contributed by atoms with van der Waals surface area (Å²) < 4.78 is 39.8. The van der Waals surface area contributed by atoms with Gasteiger partial charge in [-0.3, -0.25) is 4.79 Å². The number of halogens is 3. The topological polar surface area (TPSA) is 46.9 Å². The SMILES string of the molecule is O=C(Nc1c2c(nn1-c1ccccc1)CCC2)c1ccc(C(F)(F)F)cc1. The van der Waals surface area contributed by atoms with Crippen molar-refractivity contribution < 1.29 is 18.0 Å². The molecule has 1 aromatic heterocycles. The molecule has 1 amide bonds. The summed E-state index contributed by atoms with van der Waals surface area (Å²) in [6.45, 7) is 0. The van der Waals surface area contributed by atoms with Crippen LogP contribution in [0.3, 0.4) is 0 Å². The lowest BCUT2D eigenvalue weighted by Gasteiger charge is -2.12. The zero-order chi connectivity index (χ0) is 19.0. The summed E-state index contributed by atoms with van der Waals surface area (Å²) >= 11 is 0. The van der Waals surface area contributed by atoms with E-state index in [1.807, 2.05) is 30.3 Å². The number of anilines is 1. The number of benzene rings is 2. The van der Waals surface area contributed by atoms with Crippen LogP contribution in [0.1, 0.15) is 33.6 Å². The summed E-state index contributed by atoms with van der Waals surface area (Å²) in [6.07, 6.45) is -1.80. The maximum absolute atomic E-state index is 12.7. The Morgan fingerprint density at radius 1 is 1.00 bits per heavy atom. The molecule has 1 N–H and O–H groups in total. The standard InChI is InChI=1S/C20H16F3N3O/c21-20(22,23)14-11-9-13(10-12-14)19(27)24-18-16-7-4-8-17(16)25-26(18)15-5-2-1-3-6-15/h1-3,5-6,9-12H,4,7-8H2,(H,24,27). The summed E-state index contributed by atoms with van der Waals surface area (Å²) in [4.78, 5) is 12.6. The van der Waals surface area contributed by atoms with Gasteiger partial charge in [0.15, 0.2) is 0 Å². The third kappa shape index (κ3) is 3.32. The van der Waals surface area contributed by atoms with Crippen LogP contribution in [0.25, 0.3) is 5.69 Å². The Hall–Kier alpha value is -3.09. The Bertz CT molecular complexity index is 976. The first-order valence-corrected chi connectivity index (χ1v) is 8.58. The molecular weight excluding hydrogens is 355 g/mol. The molecule has 0 fully saturated rings. The molecule has 0 bridgehead atoms. The molecule has 1 aliphatic rings. The van der Waals surface area contributed by atoms with Crippen molar-refractivity contribution in [1.82, 2.24) is 9.78 Å². The molecule has 0 unspecified atom stereocenters.